The summed E-state index contributed by atoms with van der Waals surface area (Å²) in [5.41, 5.74) is 3.82. The Morgan fingerprint density at radius 1 is 1.04 bits per heavy atom. The van der Waals surface area contributed by atoms with Crippen molar-refractivity contribution in [2.45, 2.75) is 32.0 Å². The third-order valence-corrected chi connectivity index (χ3v) is 5.30. The number of nitrogens with one attached hydrogen (secondary N) is 3. The van der Waals surface area contributed by atoms with Crippen LogP contribution >= 0.6 is 0 Å². The molecule has 1 unspecified atom stereocenters. The summed E-state index contributed by atoms with van der Waals surface area (Å²) in [6.07, 6.45) is 0.941. The molecule has 0 bridgehead atoms. The van der Waals surface area contributed by atoms with E-state index in [1.807, 2.05) is 19.1 Å². The number of benzene rings is 3. The van der Waals surface area contributed by atoms with E-state index in [4.69, 9.17) is 0 Å². The van der Waals surface area contributed by atoms with Crippen molar-refractivity contribution in [1.29, 1.82) is 0 Å². The van der Waals surface area contributed by atoms with Crippen molar-refractivity contribution >= 4 is 16.8 Å². The fraction of sp³-hybridized carbons (Fsp3) is 0.261. The summed E-state index contributed by atoms with van der Waals surface area (Å²) in [6, 6.07) is 23.1. The Hall–Kier alpha value is -2.85. The molecule has 4 heteroatoms. The van der Waals surface area contributed by atoms with Gasteiger partial charge in [-0.1, -0.05) is 60.7 Å². The van der Waals surface area contributed by atoms with Crippen molar-refractivity contribution in [3.63, 3.8) is 0 Å². The van der Waals surface area contributed by atoms with E-state index >= 15 is 0 Å². The van der Waals surface area contributed by atoms with E-state index < -0.39 is 0 Å². The molecule has 1 aliphatic heterocycles. The van der Waals surface area contributed by atoms with Gasteiger partial charge in [-0.15, -0.1) is 0 Å². The van der Waals surface area contributed by atoms with Gasteiger partial charge in [0.05, 0.1) is 6.04 Å². The van der Waals surface area contributed by atoms with Gasteiger partial charge in [-0.2, -0.15) is 0 Å². The fourth-order valence-electron chi connectivity index (χ4n) is 3.69. The summed E-state index contributed by atoms with van der Waals surface area (Å²) in [4.78, 5) is 12.3. The first kappa shape index (κ1) is 17.6. The largest absolute Gasteiger partial charge is 0.337 e. The summed E-state index contributed by atoms with van der Waals surface area (Å²) in [5, 5.41) is 11.9. The zero-order valence-electron chi connectivity index (χ0n) is 15.5. The second-order valence-corrected chi connectivity index (χ2v) is 7.23. The van der Waals surface area contributed by atoms with Crippen LogP contribution in [0.5, 0.6) is 0 Å². The summed E-state index contributed by atoms with van der Waals surface area (Å²) < 4.78 is 0. The van der Waals surface area contributed by atoms with E-state index in [2.05, 4.69) is 70.5 Å². The molecule has 3 aromatic carbocycles. The van der Waals surface area contributed by atoms with Gasteiger partial charge in [0.15, 0.2) is 0 Å². The summed E-state index contributed by atoms with van der Waals surface area (Å²) in [7, 11) is 0. The summed E-state index contributed by atoms with van der Waals surface area (Å²) in [5.74, 6) is 0. The zero-order valence-corrected chi connectivity index (χ0v) is 15.5. The van der Waals surface area contributed by atoms with E-state index in [0.29, 0.717) is 6.54 Å². The lowest BCUT2D eigenvalue weighted by atomic mass is 9.96. The first-order valence-electron chi connectivity index (χ1n) is 9.52. The number of carbonyl (C=O) groups excluding carboxylic acids is 1. The van der Waals surface area contributed by atoms with Crippen LogP contribution in [0, 0.1) is 0 Å². The number of rotatable bonds is 4. The molecule has 2 atom stereocenters. The van der Waals surface area contributed by atoms with Crippen LogP contribution in [-0.4, -0.2) is 18.6 Å². The van der Waals surface area contributed by atoms with Gasteiger partial charge in [0.1, 0.15) is 0 Å². The second kappa shape index (κ2) is 7.80. The van der Waals surface area contributed by atoms with E-state index in [9.17, 15) is 4.79 Å². The molecular weight excluding hydrogens is 334 g/mol. The first-order chi connectivity index (χ1) is 13.2. The highest BCUT2D eigenvalue weighted by molar-refractivity contribution is 5.83. The SMILES string of the molecule is C[C@H](NC(=O)NCC1Cc2ccccc2CN1)c1ccc2ccccc2c1. The summed E-state index contributed by atoms with van der Waals surface area (Å²) >= 11 is 0. The number of urea groups is 1. The van der Waals surface area contributed by atoms with Gasteiger partial charge >= 0.3 is 6.03 Å². The molecule has 0 aromatic heterocycles. The van der Waals surface area contributed by atoms with Crippen molar-refractivity contribution < 1.29 is 4.79 Å². The molecule has 3 N–H and O–H groups in total. The monoisotopic (exact) mass is 359 g/mol. The van der Waals surface area contributed by atoms with E-state index in [0.717, 1.165) is 18.5 Å². The van der Waals surface area contributed by atoms with E-state index in [1.165, 1.54) is 21.9 Å². The normalized spacial score (nSPS) is 17.1. The highest BCUT2D eigenvalue weighted by Gasteiger charge is 2.18. The fourth-order valence-corrected chi connectivity index (χ4v) is 3.69. The third kappa shape index (κ3) is 4.12. The van der Waals surface area contributed by atoms with Gasteiger partial charge in [0, 0.05) is 19.1 Å². The quantitative estimate of drug-likeness (QED) is 0.661. The van der Waals surface area contributed by atoms with Crippen LogP contribution in [0.15, 0.2) is 66.7 Å². The Kier molecular flexibility index (Phi) is 5.07. The topological polar surface area (TPSA) is 53.2 Å². The van der Waals surface area contributed by atoms with Gasteiger partial charge in [-0.3, -0.25) is 0 Å². The smallest absolute Gasteiger partial charge is 0.315 e. The predicted molar refractivity (Wildman–Crippen MR) is 110 cm³/mol. The average molecular weight is 359 g/mol. The molecule has 0 spiro atoms. The number of hydrogen-bond acceptors (Lipinski definition) is 2. The lowest BCUT2D eigenvalue weighted by molar-refractivity contribution is 0.236. The number of carbonyl (C=O) groups is 1. The lowest BCUT2D eigenvalue weighted by Crippen LogP contribution is -2.47. The van der Waals surface area contributed by atoms with E-state index in [1.54, 1.807) is 0 Å². The molecule has 2 amide bonds. The van der Waals surface area contributed by atoms with Crippen LogP contribution in [0.4, 0.5) is 4.79 Å². The van der Waals surface area contributed by atoms with Gasteiger partial charge in [0.25, 0.3) is 0 Å². The zero-order chi connectivity index (χ0) is 18.6. The minimum absolute atomic E-state index is 0.0466. The summed E-state index contributed by atoms with van der Waals surface area (Å²) in [6.45, 7) is 3.49. The molecule has 4 nitrogen and oxygen atoms in total. The lowest BCUT2D eigenvalue weighted by Gasteiger charge is -2.26. The highest BCUT2D eigenvalue weighted by atomic mass is 16.2. The molecular formula is C23H25N3O. The van der Waals surface area contributed by atoms with Gasteiger partial charge in [-0.05, 0) is 46.9 Å². The van der Waals surface area contributed by atoms with Crippen LogP contribution in [0.2, 0.25) is 0 Å². The number of hydrogen-bond donors (Lipinski definition) is 3. The molecule has 0 radical (unpaired) electrons. The van der Waals surface area contributed by atoms with Gasteiger partial charge < -0.3 is 16.0 Å². The van der Waals surface area contributed by atoms with Crippen LogP contribution in [0.25, 0.3) is 10.8 Å². The maximum atomic E-state index is 12.3. The Bertz CT molecular complexity index is 953. The van der Waals surface area contributed by atoms with E-state index in [-0.39, 0.29) is 18.1 Å². The molecule has 4 rings (SSSR count). The van der Waals surface area contributed by atoms with Gasteiger partial charge in [-0.25, -0.2) is 4.79 Å². The Morgan fingerprint density at radius 3 is 2.63 bits per heavy atom. The maximum absolute atomic E-state index is 12.3. The van der Waals surface area contributed by atoms with Crippen LogP contribution < -0.4 is 16.0 Å². The average Bonchev–Trinajstić information content (AvgIpc) is 2.71. The molecule has 3 aromatic rings. The van der Waals surface area contributed by atoms with Crippen molar-refractivity contribution in [1.82, 2.24) is 16.0 Å². The van der Waals surface area contributed by atoms with Crippen molar-refractivity contribution in [2.24, 2.45) is 0 Å². The van der Waals surface area contributed by atoms with Crippen molar-refractivity contribution in [2.75, 3.05) is 6.54 Å². The molecule has 138 valence electrons. The molecule has 1 heterocycles. The van der Waals surface area contributed by atoms with Crippen LogP contribution in [-0.2, 0) is 13.0 Å². The number of amides is 2. The molecule has 27 heavy (non-hydrogen) atoms. The minimum atomic E-state index is -0.128. The first-order valence-corrected chi connectivity index (χ1v) is 9.52. The third-order valence-electron chi connectivity index (χ3n) is 5.30. The molecule has 0 aliphatic carbocycles. The number of fused-ring (bicyclic) bond motifs is 2. The van der Waals surface area contributed by atoms with Crippen molar-refractivity contribution in [3.05, 3.63) is 83.4 Å². The van der Waals surface area contributed by atoms with Crippen LogP contribution in [0.3, 0.4) is 0 Å². The molecule has 0 saturated carbocycles. The minimum Gasteiger partial charge on any atom is -0.337 e. The predicted octanol–water partition coefficient (Wildman–Crippen LogP) is 3.91. The Balaban J connectivity index is 1.31. The molecule has 0 saturated heterocycles. The molecule has 1 aliphatic rings. The Labute approximate surface area is 160 Å². The maximum Gasteiger partial charge on any atom is 0.315 e. The van der Waals surface area contributed by atoms with Gasteiger partial charge in [0.2, 0.25) is 0 Å². The highest BCUT2D eigenvalue weighted by Crippen LogP contribution is 2.20. The Morgan fingerprint density at radius 2 is 1.78 bits per heavy atom. The second-order valence-electron chi connectivity index (χ2n) is 7.23. The molecule has 0 fully saturated rings. The standard InChI is InChI=1S/C23H25N3O/c1-16(18-11-10-17-6-2-3-7-19(17)12-18)26-23(27)25-15-22-13-20-8-4-5-9-21(20)14-24-22/h2-12,16,22,24H,13-15H2,1H3,(H2,25,26,27)/t16-,22?/m0/s1. The van der Waals surface area contributed by atoms with Crippen LogP contribution in [0.1, 0.15) is 29.7 Å². The van der Waals surface area contributed by atoms with Crippen molar-refractivity contribution in [3.8, 4) is 0 Å².